The van der Waals surface area contributed by atoms with Gasteiger partial charge in [-0.15, -0.1) is 0 Å². The third-order valence-electron chi connectivity index (χ3n) is 3.46. The van der Waals surface area contributed by atoms with Gasteiger partial charge < -0.3 is 0 Å². The topological polar surface area (TPSA) is 52.0 Å². The minimum atomic E-state index is 0.476. The van der Waals surface area contributed by atoms with E-state index in [2.05, 4.69) is 5.10 Å². The normalized spacial score (nSPS) is 11.2. The number of carbonyl (C=O) groups is 2. The van der Waals surface area contributed by atoms with E-state index in [-0.39, 0.29) is 0 Å². The van der Waals surface area contributed by atoms with E-state index in [1.807, 2.05) is 60.7 Å². The largest absolute Gasteiger partial charge is 0.298 e. The number of aldehydes is 2. The van der Waals surface area contributed by atoms with Gasteiger partial charge in [-0.2, -0.15) is 5.10 Å². The highest BCUT2D eigenvalue weighted by Crippen LogP contribution is 2.24. The summed E-state index contributed by atoms with van der Waals surface area (Å²) >= 11 is 0. The zero-order chi connectivity index (χ0) is 16.1. The monoisotopic (exact) mass is 302 g/mol. The Morgan fingerprint density at radius 1 is 0.913 bits per heavy atom. The molecule has 0 N–H and O–H groups in total. The van der Waals surface area contributed by atoms with Crippen molar-refractivity contribution in [1.29, 1.82) is 0 Å². The lowest BCUT2D eigenvalue weighted by atomic mass is 10.1. The van der Waals surface area contributed by atoms with Crippen LogP contribution < -0.4 is 0 Å². The fourth-order valence-electron chi connectivity index (χ4n) is 2.40. The second kappa shape index (κ2) is 6.66. The van der Waals surface area contributed by atoms with Crippen LogP contribution in [0.4, 0.5) is 0 Å². The van der Waals surface area contributed by atoms with Gasteiger partial charge in [0.15, 0.2) is 6.29 Å². The Morgan fingerprint density at radius 3 is 2.17 bits per heavy atom. The van der Waals surface area contributed by atoms with Crippen LogP contribution in [0.1, 0.15) is 15.9 Å². The summed E-state index contributed by atoms with van der Waals surface area (Å²) in [4.78, 5) is 22.4. The van der Waals surface area contributed by atoms with Gasteiger partial charge in [0.25, 0.3) is 0 Å². The van der Waals surface area contributed by atoms with Crippen LogP contribution in [-0.4, -0.2) is 22.4 Å². The molecule has 1 heterocycles. The van der Waals surface area contributed by atoms with Crippen LogP contribution in [0.15, 0.2) is 72.9 Å². The maximum Gasteiger partial charge on any atom is 0.153 e. The summed E-state index contributed by atoms with van der Waals surface area (Å²) in [5.41, 5.74) is 3.38. The van der Waals surface area contributed by atoms with Crippen LogP contribution in [0.25, 0.3) is 17.0 Å². The first-order chi connectivity index (χ1) is 11.3. The summed E-state index contributed by atoms with van der Waals surface area (Å²) in [5, 5.41) is 4.50. The molecule has 0 saturated carbocycles. The smallest absolute Gasteiger partial charge is 0.153 e. The van der Waals surface area contributed by atoms with Gasteiger partial charge in [-0.05, 0) is 0 Å². The Balaban J connectivity index is 2.13. The van der Waals surface area contributed by atoms with Gasteiger partial charge in [-0.1, -0.05) is 60.7 Å². The van der Waals surface area contributed by atoms with Gasteiger partial charge in [0.05, 0.1) is 11.3 Å². The minimum Gasteiger partial charge on any atom is -0.298 e. The molecule has 0 bridgehead atoms. The molecule has 0 aliphatic heterocycles. The molecule has 3 aromatic rings. The molecule has 4 heteroatoms. The van der Waals surface area contributed by atoms with Gasteiger partial charge in [0.2, 0.25) is 0 Å². The van der Waals surface area contributed by atoms with Crippen molar-refractivity contribution >= 4 is 18.3 Å². The number of rotatable bonds is 5. The first-order valence-electron chi connectivity index (χ1n) is 7.15. The molecule has 0 saturated heterocycles. The van der Waals surface area contributed by atoms with E-state index < -0.39 is 0 Å². The van der Waals surface area contributed by atoms with E-state index in [0.717, 1.165) is 17.4 Å². The van der Waals surface area contributed by atoms with E-state index >= 15 is 0 Å². The Kier molecular flexibility index (Phi) is 4.25. The first kappa shape index (κ1) is 14.7. The predicted molar refractivity (Wildman–Crippen MR) is 88.9 cm³/mol. The number of nitrogens with zero attached hydrogens (tertiary/aromatic N) is 2. The molecule has 1 aromatic heterocycles. The summed E-state index contributed by atoms with van der Waals surface area (Å²) in [5.74, 6) is 0. The molecule has 3 rings (SSSR count). The number of hydrogen-bond donors (Lipinski definition) is 0. The van der Waals surface area contributed by atoms with E-state index in [9.17, 15) is 9.59 Å². The van der Waals surface area contributed by atoms with Crippen LogP contribution in [0.5, 0.6) is 0 Å². The average Bonchev–Trinajstić information content (AvgIpc) is 3.05. The second-order valence-corrected chi connectivity index (χ2v) is 4.92. The summed E-state index contributed by atoms with van der Waals surface area (Å²) in [6, 6.07) is 18.9. The van der Waals surface area contributed by atoms with Crippen molar-refractivity contribution in [2.24, 2.45) is 0 Å². The van der Waals surface area contributed by atoms with Crippen LogP contribution >= 0.6 is 0 Å². The standard InChI is InChI=1S/C19H14N2O2/c22-12-11-18(15-7-3-1-4-8-15)21-13-17(14-23)19(20-21)16-9-5-2-6-10-16/h1-14H/b18-11+. The maximum atomic E-state index is 11.4. The summed E-state index contributed by atoms with van der Waals surface area (Å²) in [6.45, 7) is 0. The van der Waals surface area contributed by atoms with Crippen molar-refractivity contribution in [3.05, 3.63) is 84.1 Å². The summed E-state index contributed by atoms with van der Waals surface area (Å²) < 4.78 is 1.57. The lowest BCUT2D eigenvalue weighted by molar-refractivity contribution is -0.104. The first-order valence-corrected chi connectivity index (χ1v) is 7.15. The number of carbonyl (C=O) groups excluding carboxylic acids is 2. The van der Waals surface area contributed by atoms with Gasteiger partial charge >= 0.3 is 0 Å². The molecule has 0 aliphatic rings. The zero-order valence-electron chi connectivity index (χ0n) is 12.3. The highest BCUT2D eigenvalue weighted by Gasteiger charge is 2.13. The third kappa shape index (κ3) is 3.01. The lowest BCUT2D eigenvalue weighted by Gasteiger charge is -2.06. The molecule has 0 amide bonds. The van der Waals surface area contributed by atoms with Crippen molar-refractivity contribution in [2.45, 2.75) is 0 Å². The van der Waals surface area contributed by atoms with E-state index in [1.54, 1.807) is 10.9 Å². The molecule has 0 radical (unpaired) electrons. The van der Waals surface area contributed by atoms with Crippen LogP contribution in [0.3, 0.4) is 0 Å². The fraction of sp³-hybridized carbons (Fsp3) is 0. The van der Waals surface area contributed by atoms with Crippen LogP contribution in [0.2, 0.25) is 0 Å². The van der Waals surface area contributed by atoms with E-state index in [1.165, 1.54) is 6.08 Å². The van der Waals surface area contributed by atoms with Crippen molar-refractivity contribution in [3.63, 3.8) is 0 Å². The van der Waals surface area contributed by atoms with Gasteiger partial charge in [-0.3, -0.25) is 9.59 Å². The molecule has 0 unspecified atom stereocenters. The van der Waals surface area contributed by atoms with E-state index in [4.69, 9.17) is 0 Å². The summed E-state index contributed by atoms with van der Waals surface area (Å²) in [7, 11) is 0. The molecule has 2 aromatic carbocycles. The molecule has 0 fully saturated rings. The highest BCUT2D eigenvalue weighted by atomic mass is 16.1. The SMILES string of the molecule is O=C/C=C(\c1ccccc1)n1cc(C=O)c(-c2ccccc2)n1. The molecule has 112 valence electrons. The minimum absolute atomic E-state index is 0.476. The molecule has 0 aliphatic carbocycles. The Morgan fingerprint density at radius 2 is 1.57 bits per heavy atom. The zero-order valence-corrected chi connectivity index (χ0v) is 12.3. The molecule has 0 atom stereocenters. The Labute approximate surface area is 133 Å². The van der Waals surface area contributed by atoms with Gasteiger partial charge in [0, 0.05) is 23.4 Å². The molecule has 0 spiro atoms. The Bertz CT molecular complexity index is 850. The number of benzene rings is 2. The van der Waals surface area contributed by atoms with E-state index in [0.29, 0.717) is 23.2 Å². The van der Waals surface area contributed by atoms with Crippen LogP contribution in [0, 0.1) is 0 Å². The molecule has 4 nitrogen and oxygen atoms in total. The Hall–Kier alpha value is -3.27. The molecule has 23 heavy (non-hydrogen) atoms. The number of aromatic nitrogens is 2. The van der Waals surface area contributed by atoms with Crippen molar-refractivity contribution in [1.82, 2.24) is 9.78 Å². The van der Waals surface area contributed by atoms with Crippen molar-refractivity contribution in [3.8, 4) is 11.3 Å². The summed E-state index contributed by atoms with van der Waals surface area (Å²) in [6.07, 6.45) is 4.56. The second-order valence-electron chi connectivity index (χ2n) is 4.92. The fourth-order valence-corrected chi connectivity index (χ4v) is 2.40. The quantitative estimate of drug-likeness (QED) is 0.536. The van der Waals surface area contributed by atoms with Crippen LogP contribution in [-0.2, 0) is 4.79 Å². The average molecular weight is 302 g/mol. The van der Waals surface area contributed by atoms with Crippen molar-refractivity contribution in [2.75, 3.05) is 0 Å². The number of hydrogen-bond acceptors (Lipinski definition) is 3. The van der Waals surface area contributed by atoms with Gasteiger partial charge in [-0.25, -0.2) is 4.68 Å². The lowest BCUT2D eigenvalue weighted by Crippen LogP contribution is -2.00. The van der Waals surface area contributed by atoms with Gasteiger partial charge in [0.1, 0.15) is 12.0 Å². The molecular weight excluding hydrogens is 288 g/mol. The number of allylic oxidation sites excluding steroid dienone is 1. The third-order valence-corrected chi connectivity index (χ3v) is 3.46. The maximum absolute atomic E-state index is 11.4. The predicted octanol–water partition coefficient (Wildman–Crippen LogP) is 3.45. The van der Waals surface area contributed by atoms with Crippen molar-refractivity contribution < 1.29 is 9.59 Å². The molecular formula is C19H14N2O2. The highest BCUT2D eigenvalue weighted by molar-refractivity contribution is 5.87.